The van der Waals surface area contributed by atoms with Gasteiger partial charge in [-0.15, -0.1) is 0 Å². The fourth-order valence-corrected chi connectivity index (χ4v) is 3.48. The number of aromatic nitrogens is 1. The van der Waals surface area contributed by atoms with Crippen LogP contribution in [0.3, 0.4) is 0 Å². The van der Waals surface area contributed by atoms with Crippen molar-refractivity contribution in [3.8, 4) is 17.4 Å². The predicted octanol–water partition coefficient (Wildman–Crippen LogP) is 4.04. The van der Waals surface area contributed by atoms with Crippen LogP contribution in [-0.4, -0.2) is 49.2 Å². The summed E-state index contributed by atoms with van der Waals surface area (Å²) in [6, 6.07) is 8.94. The number of rotatable bonds is 7. The van der Waals surface area contributed by atoms with Gasteiger partial charge in [-0.3, -0.25) is 0 Å². The van der Waals surface area contributed by atoms with E-state index in [1.165, 1.54) is 12.8 Å². The first-order chi connectivity index (χ1) is 14.0. The first-order valence-electron chi connectivity index (χ1n) is 10.1. The normalized spacial score (nSPS) is 16.9. The van der Waals surface area contributed by atoms with E-state index in [9.17, 15) is 4.79 Å². The molecule has 1 saturated heterocycles. The monoisotopic (exact) mass is 398 g/mol. The van der Waals surface area contributed by atoms with E-state index < -0.39 is 0 Å². The second-order valence-corrected chi connectivity index (χ2v) is 7.57. The lowest BCUT2D eigenvalue weighted by atomic mass is 10.0. The third kappa shape index (κ3) is 6.35. The van der Waals surface area contributed by atoms with Crippen LogP contribution in [0.4, 0.5) is 10.5 Å². The van der Waals surface area contributed by atoms with E-state index in [-0.39, 0.29) is 6.03 Å². The Morgan fingerprint density at radius 1 is 1.28 bits per heavy atom. The van der Waals surface area contributed by atoms with Crippen LogP contribution in [0.25, 0.3) is 0 Å². The summed E-state index contributed by atoms with van der Waals surface area (Å²) in [7, 11) is 1.60. The highest BCUT2D eigenvalue weighted by atomic mass is 16.5. The highest BCUT2D eigenvalue weighted by Crippen LogP contribution is 2.31. The van der Waals surface area contributed by atoms with Gasteiger partial charge in [0.15, 0.2) is 11.5 Å². The minimum absolute atomic E-state index is 0.231. The van der Waals surface area contributed by atoms with E-state index in [0.717, 1.165) is 31.1 Å². The smallest absolute Gasteiger partial charge is 0.319 e. The van der Waals surface area contributed by atoms with Gasteiger partial charge in [0.1, 0.15) is 0 Å². The third-order valence-corrected chi connectivity index (χ3v) is 4.98. The summed E-state index contributed by atoms with van der Waals surface area (Å²) in [6.45, 7) is 8.00. The zero-order valence-corrected chi connectivity index (χ0v) is 17.4. The van der Waals surface area contributed by atoms with Crippen LogP contribution in [0.2, 0.25) is 0 Å². The quantitative estimate of drug-likeness (QED) is 0.736. The molecule has 0 radical (unpaired) electrons. The summed E-state index contributed by atoms with van der Waals surface area (Å²) in [5, 5.41) is 5.70. The van der Waals surface area contributed by atoms with Crippen molar-refractivity contribution in [2.24, 2.45) is 5.92 Å². The third-order valence-electron chi connectivity index (χ3n) is 4.98. The van der Waals surface area contributed by atoms with Crippen molar-refractivity contribution < 1.29 is 14.3 Å². The molecule has 156 valence electrons. The lowest BCUT2D eigenvalue weighted by molar-refractivity contribution is 0.184. The summed E-state index contributed by atoms with van der Waals surface area (Å²) in [5.41, 5.74) is 1.69. The number of hydrogen-bond donors (Lipinski definition) is 2. The number of ether oxygens (including phenoxy) is 2. The molecule has 0 saturated carbocycles. The van der Waals surface area contributed by atoms with Crippen LogP contribution in [0.5, 0.6) is 17.4 Å². The van der Waals surface area contributed by atoms with Crippen LogP contribution in [0, 0.1) is 12.8 Å². The number of carbonyl (C=O) groups excluding carboxylic acids is 1. The number of nitrogens with one attached hydrogen (secondary N) is 2. The molecule has 0 bridgehead atoms. The lowest BCUT2D eigenvalue weighted by Crippen LogP contribution is -2.41. The highest BCUT2D eigenvalue weighted by Gasteiger charge is 2.15. The fourth-order valence-electron chi connectivity index (χ4n) is 3.48. The lowest BCUT2D eigenvalue weighted by Gasteiger charge is -2.30. The molecule has 1 fully saturated rings. The van der Waals surface area contributed by atoms with Gasteiger partial charge in [-0.2, -0.15) is 0 Å². The van der Waals surface area contributed by atoms with Gasteiger partial charge in [-0.1, -0.05) is 13.0 Å². The molecule has 1 aliphatic heterocycles. The van der Waals surface area contributed by atoms with E-state index in [1.54, 1.807) is 25.4 Å². The summed E-state index contributed by atoms with van der Waals surface area (Å²) in [5.74, 6) is 2.41. The van der Waals surface area contributed by atoms with E-state index >= 15 is 0 Å². The minimum atomic E-state index is -0.231. The molecule has 1 aromatic heterocycles. The van der Waals surface area contributed by atoms with E-state index in [2.05, 4.69) is 27.4 Å². The van der Waals surface area contributed by atoms with Crippen LogP contribution >= 0.6 is 0 Å². The second kappa shape index (κ2) is 10.1. The van der Waals surface area contributed by atoms with Crippen molar-refractivity contribution in [3.05, 3.63) is 42.1 Å². The maximum atomic E-state index is 12.1. The Balaban J connectivity index is 1.45. The maximum absolute atomic E-state index is 12.1. The number of nitrogens with zero attached hydrogens (tertiary/aromatic N) is 2. The number of amides is 2. The molecule has 0 aliphatic carbocycles. The van der Waals surface area contributed by atoms with Gasteiger partial charge in [-0.05, 0) is 56.0 Å². The van der Waals surface area contributed by atoms with Crippen LogP contribution in [0.15, 0.2) is 36.5 Å². The van der Waals surface area contributed by atoms with E-state index in [4.69, 9.17) is 9.47 Å². The van der Waals surface area contributed by atoms with Gasteiger partial charge < -0.3 is 25.0 Å². The fraction of sp³-hybridized carbons (Fsp3) is 0.455. The second-order valence-electron chi connectivity index (χ2n) is 7.57. The molecule has 0 spiro atoms. The molecule has 2 heterocycles. The molecular weight excluding hydrogens is 368 g/mol. The highest BCUT2D eigenvalue weighted by molar-refractivity contribution is 5.89. The molecule has 0 unspecified atom stereocenters. The largest absolute Gasteiger partial charge is 0.493 e. The number of pyridine rings is 1. The Morgan fingerprint density at radius 2 is 2.14 bits per heavy atom. The molecule has 3 rings (SSSR count). The summed E-state index contributed by atoms with van der Waals surface area (Å²) < 4.78 is 11.1. The Hall–Kier alpha value is -2.80. The van der Waals surface area contributed by atoms with Crippen molar-refractivity contribution in [1.82, 2.24) is 15.2 Å². The van der Waals surface area contributed by atoms with Crippen LogP contribution < -0.4 is 20.1 Å². The summed E-state index contributed by atoms with van der Waals surface area (Å²) >= 11 is 0. The molecular formula is C22H30N4O3. The molecule has 1 aromatic carbocycles. The molecule has 7 nitrogen and oxygen atoms in total. The number of aryl methyl sites for hydroxylation is 1. The minimum Gasteiger partial charge on any atom is -0.493 e. The summed E-state index contributed by atoms with van der Waals surface area (Å²) in [4.78, 5) is 18.8. The summed E-state index contributed by atoms with van der Waals surface area (Å²) in [6.07, 6.45) is 4.11. The standard InChI is InChI=1S/C22H30N4O3/c1-16-6-8-19(20(13-16)28-3)29-21-9-7-18(14-24-21)25-22(27)23-10-12-26-11-4-5-17(2)15-26/h6-9,13-14,17H,4-5,10-12,15H2,1-3H3,(H2,23,25,27)/t17-/m1/s1. The number of anilines is 1. The number of piperidine rings is 1. The van der Waals surface area contributed by atoms with Gasteiger partial charge >= 0.3 is 6.03 Å². The number of carbonyl (C=O) groups is 1. The molecule has 2 N–H and O–H groups in total. The molecule has 1 atom stereocenters. The topological polar surface area (TPSA) is 75.7 Å². The molecule has 7 heteroatoms. The zero-order chi connectivity index (χ0) is 20.6. The van der Waals surface area contributed by atoms with Gasteiger partial charge in [0.2, 0.25) is 5.88 Å². The Labute approximate surface area is 172 Å². The Bertz CT molecular complexity index is 810. The molecule has 29 heavy (non-hydrogen) atoms. The predicted molar refractivity (Wildman–Crippen MR) is 114 cm³/mol. The van der Waals surface area contributed by atoms with Gasteiger partial charge in [0.25, 0.3) is 0 Å². The zero-order valence-electron chi connectivity index (χ0n) is 17.4. The average molecular weight is 399 g/mol. The van der Waals surface area contributed by atoms with Crippen LogP contribution in [-0.2, 0) is 0 Å². The van der Waals surface area contributed by atoms with Gasteiger partial charge in [0, 0.05) is 25.7 Å². The number of urea groups is 1. The SMILES string of the molecule is COc1cc(C)ccc1Oc1ccc(NC(=O)NCCN2CCC[C@@H](C)C2)cn1. The van der Waals surface area contributed by atoms with Crippen molar-refractivity contribution in [2.45, 2.75) is 26.7 Å². The maximum Gasteiger partial charge on any atom is 0.319 e. The number of likely N-dealkylation sites (tertiary alicyclic amines) is 1. The number of hydrogen-bond acceptors (Lipinski definition) is 5. The van der Waals surface area contributed by atoms with Crippen molar-refractivity contribution in [1.29, 1.82) is 0 Å². The van der Waals surface area contributed by atoms with Crippen molar-refractivity contribution >= 4 is 11.7 Å². The van der Waals surface area contributed by atoms with Gasteiger partial charge in [0.05, 0.1) is 19.0 Å². The van der Waals surface area contributed by atoms with Gasteiger partial charge in [-0.25, -0.2) is 9.78 Å². The van der Waals surface area contributed by atoms with E-state index in [0.29, 0.717) is 29.6 Å². The van der Waals surface area contributed by atoms with Crippen molar-refractivity contribution in [2.75, 3.05) is 38.6 Å². The first kappa shape index (κ1) is 20.9. The van der Waals surface area contributed by atoms with Crippen molar-refractivity contribution in [3.63, 3.8) is 0 Å². The average Bonchev–Trinajstić information content (AvgIpc) is 2.71. The molecule has 2 aromatic rings. The Morgan fingerprint density at radius 3 is 2.86 bits per heavy atom. The van der Waals surface area contributed by atoms with E-state index in [1.807, 2.05) is 25.1 Å². The number of methoxy groups -OCH3 is 1. The molecule has 2 amide bonds. The van der Waals surface area contributed by atoms with Crippen LogP contribution in [0.1, 0.15) is 25.3 Å². The number of benzene rings is 1. The first-order valence-corrected chi connectivity index (χ1v) is 10.1. The Kier molecular flexibility index (Phi) is 7.30. The molecule has 1 aliphatic rings.